The van der Waals surface area contributed by atoms with Crippen molar-refractivity contribution in [2.24, 2.45) is 5.92 Å². The molecule has 0 bridgehead atoms. The number of aromatic nitrogens is 2. The number of carbonyl (C=O) groups is 1. The molecule has 0 spiro atoms. The van der Waals surface area contributed by atoms with Crippen LogP contribution >= 0.6 is 0 Å². The normalized spacial score (nSPS) is 14.3. The second kappa shape index (κ2) is 6.12. The lowest BCUT2D eigenvalue weighted by atomic mass is 10.1. The van der Waals surface area contributed by atoms with E-state index in [0.717, 1.165) is 18.4 Å². The monoisotopic (exact) mass is 339 g/mol. The number of anilines is 1. The maximum atomic E-state index is 14.2. The highest BCUT2D eigenvalue weighted by molar-refractivity contribution is 5.98. The van der Waals surface area contributed by atoms with Crippen molar-refractivity contribution in [3.8, 4) is 0 Å². The maximum absolute atomic E-state index is 14.2. The van der Waals surface area contributed by atoms with Crippen molar-refractivity contribution in [3.05, 3.63) is 59.3 Å². The van der Waals surface area contributed by atoms with Crippen molar-refractivity contribution in [3.63, 3.8) is 0 Å². The van der Waals surface area contributed by atoms with E-state index in [2.05, 4.69) is 15.5 Å². The molecule has 4 rings (SSSR count). The van der Waals surface area contributed by atoms with Gasteiger partial charge in [-0.25, -0.2) is 8.78 Å². The predicted octanol–water partition coefficient (Wildman–Crippen LogP) is 4.36. The average Bonchev–Trinajstić information content (AvgIpc) is 3.36. The number of nitrogens with one attached hydrogen (secondary N) is 2. The van der Waals surface area contributed by atoms with Crippen LogP contribution in [0.4, 0.5) is 14.5 Å². The zero-order chi connectivity index (χ0) is 17.4. The Morgan fingerprint density at radius 3 is 2.64 bits per heavy atom. The summed E-state index contributed by atoms with van der Waals surface area (Å²) < 4.78 is 27.2. The van der Waals surface area contributed by atoms with Crippen molar-refractivity contribution >= 4 is 34.6 Å². The third-order valence-corrected chi connectivity index (χ3v) is 4.17. The molecule has 1 aliphatic rings. The highest BCUT2D eigenvalue weighted by Crippen LogP contribution is 2.31. The van der Waals surface area contributed by atoms with Gasteiger partial charge in [0, 0.05) is 17.0 Å². The highest BCUT2D eigenvalue weighted by Gasteiger charge is 2.29. The summed E-state index contributed by atoms with van der Waals surface area (Å²) in [6.07, 6.45) is 5.29. The molecule has 4 nitrogen and oxygen atoms in total. The van der Waals surface area contributed by atoms with Gasteiger partial charge < -0.3 is 5.32 Å². The summed E-state index contributed by atoms with van der Waals surface area (Å²) in [5, 5.41) is 10.1. The number of H-pyrrole nitrogens is 1. The number of hydrogen-bond donors (Lipinski definition) is 2. The number of aromatic amines is 1. The van der Waals surface area contributed by atoms with Gasteiger partial charge in [-0.15, -0.1) is 0 Å². The van der Waals surface area contributed by atoms with Crippen molar-refractivity contribution in [1.29, 1.82) is 0 Å². The molecule has 2 aromatic carbocycles. The van der Waals surface area contributed by atoms with E-state index in [0.29, 0.717) is 16.8 Å². The number of nitrogens with zero attached hydrogens (tertiary/aromatic N) is 1. The minimum absolute atomic E-state index is 0.0425. The summed E-state index contributed by atoms with van der Waals surface area (Å²) in [5.74, 6) is -0.838. The molecule has 6 heteroatoms. The van der Waals surface area contributed by atoms with E-state index >= 15 is 0 Å². The van der Waals surface area contributed by atoms with Crippen LogP contribution in [0.3, 0.4) is 0 Å². The maximum Gasteiger partial charge on any atom is 0.227 e. The fourth-order valence-corrected chi connectivity index (χ4v) is 2.64. The van der Waals surface area contributed by atoms with Gasteiger partial charge in [0.25, 0.3) is 0 Å². The van der Waals surface area contributed by atoms with Crippen molar-refractivity contribution in [1.82, 2.24) is 10.2 Å². The molecule has 1 amide bonds. The van der Waals surface area contributed by atoms with Gasteiger partial charge in [0.15, 0.2) is 5.82 Å². The lowest BCUT2D eigenvalue weighted by Gasteiger charge is -2.05. The Labute approximate surface area is 142 Å². The van der Waals surface area contributed by atoms with Gasteiger partial charge in [-0.3, -0.25) is 9.89 Å². The van der Waals surface area contributed by atoms with Crippen LogP contribution in [-0.2, 0) is 4.79 Å². The molecule has 0 saturated heterocycles. The summed E-state index contributed by atoms with van der Waals surface area (Å²) >= 11 is 0. The minimum atomic E-state index is -0.499. The quantitative estimate of drug-likeness (QED) is 0.742. The molecule has 0 aliphatic heterocycles. The smallest absolute Gasteiger partial charge is 0.227 e. The van der Waals surface area contributed by atoms with Crippen LogP contribution in [0.5, 0.6) is 0 Å². The number of rotatable bonds is 4. The molecular weight excluding hydrogens is 324 g/mol. The summed E-state index contributed by atoms with van der Waals surface area (Å²) in [6.45, 7) is 0. The number of halogens is 2. The molecule has 0 unspecified atom stereocenters. The van der Waals surface area contributed by atoms with Gasteiger partial charge in [-0.1, -0.05) is 18.2 Å². The van der Waals surface area contributed by atoms with E-state index in [-0.39, 0.29) is 23.2 Å². The van der Waals surface area contributed by atoms with Crippen LogP contribution in [0.15, 0.2) is 36.4 Å². The second-order valence-corrected chi connectivity index (χ2v) is 6.14. The Balaban J connectivity index is 1.65. The van der Waals surface area contributed by atoms with Crippen LogP contribution in [-0.4, -0.2) is 16.1 Å². The van der Waals surface area contributed by atoms with Crippen molar-refractivity contribution in [2.45, 2.75) is 12.8 Å². The molecule has 1 fully saturated rings. The molecule has 2 N–H and O–H groups in total. The lowest BCUT2D eigenvalue weighted by Crippen LogP contribution is -2.13. The largest absolute Gasteiger partial charge is 0.326 e. The van der Waals surface area contributed by atoms with Gasteiger partial charge in [-0.05, 0) is 48.7 Å². The zero-order valence-electron chi connectivity index (χ0n) is 13.2. The Morgan fingerprint density at radius 2 is 1.92 bits per heavy atom. The fourth-order valence-electron chi connectivity index (χ4n) is 2.64. The summed E-state index contributed by atoms with van der Waals surface area (Å²) in [5.41, 5.74) is 2.05. The van der Waals surface area contributed by atoms with E-state index in [1.54, 1.807) is 30.4 Å². The first-order chi connectivity index (χ1) is 12.1. The molecule has 0 radical (unpaired) electrons. The topological polar surface area (TPSA) is 57.8 Å². The van der Waals surface area contributed by atoms with Gasteiger partial charge in [0.2, 0.25) is 5.91 Å². The summed E-state index contributed by atoms with van der Waals surface area (Å²) in [7, 11) is 0. The van der Waals surface area contributed by atoms with E-state index in [4.69, 9.17) is 0 Å². The molecule has 3 aromatic rings. The summed E-state index contributed by atoms with van der Waals surface area (Å²) in [4.78, 5) is 11.9. The molecule has 0 atom stereocenters. The third-order valence-electron chi connectivity index (χ3n) is 4.17. The van der Waals surface area contributed by atoms with Crippen LogP contribution < -0.4 is 5.32 Å². The number of amides is 1. The van der Waals surface area contributed by atoms with Gasteiger partial charge in [0.05, 0.1) is 5.69 Å². The van der Waals surface area contributed by atoms with Gasteiger partial charge >= 0.3 is 0 Å². The number of fused-ring (bicyclic) bond motifs is 1. The van der Waals surface area contributed by atoms with Gasteiger partial charge in [-0.2, -0.15) is 5.10 Å². The minimum Gasteiger partial charge on any atom is -0.326 e. The molecule has 1 heterocycles. The van der Waals surface area contributed by atoms with Crippen molar-refractivity contribution < 1.29 is 13.6 Å². The van der Waals surface area contributed by atoms with Crippen LogP contribution in [0.2, 0.25) is 0 Å². The second-order valence-electron chi connectivity index (χ2n) is 6.14. The van der Waals surface area contributed by atoms with E-state index in [1.165, 1.54) is 18.2 Å². The molecule has 1 aliphatic carbocycles. The highest BCUT2D eigenvalue weighted by atomic mass is 19.1. The number of carbonyl (C=O) groups excluding carboxylic acids is 1. The fraction of sp³-hybridized carbons (Fsp3) is 0.158. The van der Waals surface area contributed by atoms with Crippen LogP contribution in [0, 0.1) is 17.6 Å². The van der Waals surface area contributed by atoms with E-state index < -0.39 is 5.82 Å². The summed E-state index contributed by atoms with van der Waals surface area (Å²) in [6, 6.07) is 9.01. The van der Waals surface area contributed by atoms with Crippen LogP contribution in [0.25, 0.3) is 23.1 Å². The molecule has 25 heavy (non-hydrogen) atoms. The number of benzene rings is 2. The molecular formula is C19H15F2N3O. The molecule has 126 valence electrons. The van der Waals surface area contributed by atoms with Crippen LogP contribution in [0.1, 0.15) is 24.1 Å². The Bertz CT molecular complexity index is 972. The number of hydrogen-bond acceptors (Lipinski definition) is 2. The standard InChI is InChI=1S/C19H15F2N3O/c20-13-6-1-11(2-7-13)3-8-17-15-9-14(22-19(25)12-4-5-12)10-16(21)18(15)24-23-17/h1-3,6-10,12H,4-5H2,(H,22,25)(H,23,24)/b8-3+. The first kappa shape index (κ1) is 15.5. The third kappa shape index (κ3) is 3.28. The van der Waals surface area contributed by atoms with Gasteiger partial charge in [0.1, 0.15) is 11.3 Å². The Kier molecular flexibility index (Phi) is 3.80. The molecule has 1 saturated carbocycles. The zero-order valence-corrected chi connectivity index (χ0v) is 13.2. The van der Waals surface area contributed by atoms with Crippen molar-refractivity contribution in [2.75, 3.05) is 5.32 Å². The lowest BCUT2D eigenvalue weighted by molar-refractivity contribution is -0.117. The SMILES string of the molecule is O=C(Nc1cc(F)c2n[nH]c(/C=C/c3ccc(F)cc3)c2c1)C1CC1. The van der Waals surface area contributed by atoms with E-state index in [9.17, 15) is 13.6 Å². The Hall–Kier alpha value is -3.02. The Morgan fingerprint density at radius 1 is 1.16 bits per heavy atom. The first-order valence-electron chi connectivity index (χ1n) is 8.02. The van der Waals surface area contributed by atoms with E-state index in [1.807, 2.05) is 0 Å². The predicted molar refractivity (Wildman–Crippen MR) is 92.7 cm³/mol. The molecule has 1 aromatic heterocycles. The average molecular weight is 339 g/mol. The first-order valence-corrected chi connectivity index (χ1v) is 8.02.